The van der Waals surface area contributed by atoms with E-state index in [9.17, 15) is 4.79 Å². The molecule has 0 unspecified atom stereocenters. The Morgan fingerprint density at radius 2 is 2.11 bits per heavy atom. The number of H-pyrrole nitrogens is 1. The summed E-state index contributed by atoms with van der Waals surface area (Å²) in [6.45, 7) is 0.390. The Kier molecular flexibility index (Phi) is 5.00. The van der Waals surface area contributed by atoms with E-state index in [1.807, 2.05) is 30.5 Å². The quantitative estimate of drug-likeness (QED) is 0.451. The highest BCUT2D eigenvalue weighted by Gasteiger charge is 2.13. The van der Waals surface area contributed by atoms with Gasteiger partial charge in [0.2, 0.25) is 5.91 Å². The molecule has 0 saturated heterocycles. The Morgan fingerprint density at radius 3 is 3.00 bits per heavy atom. The standard InChI is InChI=1S/C21H20N4OS/c22-11-16(10-15-13-27-19-6-2-1-4-17(15)19)25-20(26)8-7-14-12-24-21-18(14)5-3-9-23-21/h1-9,12-13,16H,10-11,22H2,(H,23,24)(H,25,26)/b8-7+/t16-/m0/s1. The highest BCUT2D eigenvalue weighted by atomic mass is 32.1. The fourth-order valence-corrected chi connectivity index (χ4v) is 4.16. The lowest BCUT2D eigenvalue weighted by Crippen LogP contribution is -2.40. The lowest BCUT2D eigenvalue weighted by Gasteiger charge is -2.15. The number of nitrogens with two attached hydrogens (primary N) is 1. The van der Waals surface area contributed by atoms with Crippen molar-refractivity contribution < 1.29 is 4.79 Å². The van der Waals surface area contributed by atoms with Crippen molar-refractivity contribution in [3.63, 3.8) is 0 Å². The average Bonchev–Trinajstić information content (AvgIpc) is 3.30. The van der Waals surface area contributed by atoms with Gasteiger partial charge in [-0.25, -0.2) is 4.98 Å². The van der Waals surface area contributed by atoms with Crippen molar-refractivity contribution >= 4 is 44.4 Å². The van der Waals surface area contributed by atoms with Gasteiger partial charge in [-0.3, -0.25) is 4.79 Å². The van der Waals surface area contributed by atoms with Crippen LogP contribution in [0.15, 0.2) is 60.2 Å². The summed E-state index contributed by atoms with van der Waals surface area (Å²) in [5.74, 6) is -0.150. The first-order chi connectivity index (χ1) is 13.2. The van der Waals surface area contributed by atoms with E-state index in [4.69, 9.17) is 5.73 Å². The van der Waals surface area contributed by atoms with E-state index >= 15 is 0 Å². The van der Waals surface area contributed by atoms with Crippen LogP contribution in [0, 0.1) is 0 Å². The molecule has 1 amide bonds. The third-order valence-electron chi connectivity index (χ3n) is 4.56. The van der Waals surface area contributed by atoms with Crippen molar-refractivity contribution in [3.8, 4) is 0 Å². The van der Waals surface area contributed by atoms with Crippen LogP contribution in [0.1, 0.15) is 11.1 Å². The molecule has 3 aromatic heterocycles. The number of amides is 1. The fraction of sp³-hybridized carbons (Fsp3) is 0.143. The number of pyridine rings is 1. The minimum absolute atomic E-state index is 0.107. The molecule has 5 nitrogen and oxygen atoms in total. The Balaban J connectivity index is 1.44. The SMILES string of the molecule is NC[C@H](Cc1csc2ccccc12)NC(=O)/C=C/c1c[nH]c2ncccc12. The lowest BCUT2D eigenvalue weighted by atomic mass is 10.0. The molecule has 136 valence electrons. The molecule has 0 bridgehead atoms. The minimum atomic E-state index is -0.150. The van der Waals surface area contributed by atoms with Crippen LogP contribution in [0.4, 0.5) is 0 Å². The normalized spacial score (nSPS) is 12.8. The van der Waals surface area contributed by atoms with E-state index in [0.29, 0.717) is 6.54 Å². The monoisotopic (exact) mass is 376 g/mol. The lowest BCUT2D eigenvalue weighted by molar-refractivity contribution is -0.117. The first kappa shape index (κ1) is 17.5. The zero-order chi connectivity index (χ0) is 18.6. The van der Waals surface area contributed by atoms with E-state index in [-0.39, 0.29) is 11.9 Å². The average molecular weight is 376 g/mol. The van der Waals surface area contributed by atoms with Crippen LogP contribution in [-0.2, 0) is 11.2 Å². The second kappa shape index (κ2) is 7.73. The van der Waals surface area contributed by atoms with E-state index in [0.717, 1.165) is 23.0 Å². The van der Waals surface area contributed by atoms with Crippen LogP contribution < -0.4 is 11.1 Å². The Morgan fingerprint density at radius 1 is 1.26 bits per heavy atom. The van der Waals surface area contributed by atoms with Gasteiger partial charge in [-0.05, 0) is 47.0 Å². The van der Waals surface area contributed by atoms with Crippen molar-refractivity contribution in [1.29, 1.82) is 0 Å². The van der Waals surface area contributed by atoms with Gasteiger partial charge >= 0.3 is 0 Å². The zero-order valence-corrected chi connectivity index (χ0v) is 15.5. The van der Waals surface area contributed by atoms with Gasteiger partial charge < -0.3 is 16.0 Å². The van der Waals surface area contributed by atoms with E-state index < -0.39 is 0 Å². The van der Waals surface area contributed by atoms with Gasteiger partial charge in [-0.15, -0.1) is 11.3 Å². The number of carbonyl (C=O) groups is 1. The Labute approximate surface area is 160 Å². The van der Waals surface area contributed by atoms with Gasteiger partial charge in [0.1, 0.15) is 5.65 Å². The van der Waals surface area contributed by atoms with Crippen LogP contribution in [0.2, 0.25) is 0 Å². The number of aromatic amines is 1. The molecule has 0 aliphatic heterocycles. The molecule has 4 rings (SSSR count). The Hall–Kier alpha value is -2.96. The summed E-state index contributed by atoms with van der Waals surface area (Å²) >= 11 is 1.72. The second-order valence-corrected chi connectivity index (χ2v) is 7.29. The molecule has 0 saturated carbocycles. The topological polar surface area (TPSA) is 83.8 Å². The number of fused-ring (bicyclic) bond motifs is 2. The molecule has 3 heterocycles. The third kappa shape index (κ3) is 3.77. The molecule has 4 aromatic rings. The molecule has 0 fully saturated rings. The number of nitrogens with zero attached hydrogens (tertiary/aromatic N) is 1. The van der Waals surface area contributed by atoms with Crippen molar-refractivity contribution in [2.75, 3.05) is 6.54 Å². The number of rotatable bonds is 6. The van der Waals surface area contributed by atoms with Gasteiger partial charge in [0.25, 0.3) is 0 Å². The maximum absolute atomic E-state index is 12.4. The third-order valence-corrected chi connectivity index (χ3v) is 5.57. The molecule has 0 aliphatic rings. The Bertz CT molecular complexity index is 1110. The number of nitrogens with one attached hydrogen (secondary N) is 2. The van der Waals surface area contributed by atoms with Crippen LogP contribution in [0.5, 0.6) is 0 Å². The van der Waals surface area contributed by atoms with Crippen molar-refractivity contribution in [3.05, 3.63) is 71.4 Å². The maximum Gasteiger partial charge on any atom is 0.244 e. The molecule has 1 aromatic carbocycles. The van der Waals surface area contributed by atoms with Crippen molar-refractivity contribution in [2.45, 2.75) is 12.5 Å². The van der Waals surface area contributed by atoms with Crippen LogP contribution in [0.25, 0.3) is 27.2 Å². The number of thiophene rings is 1. The largest absolute Gasteiger partial charge is 0.348 e. The molecule has 0 aliphatic carbocycles. The summed E-state index contributed by atoms with van der Waals surface area (Å²) in [4.78, 5) is 19.7. The van der Waals surface area contributed by atoms with Crippen molar-refractivity contribution in [1.82, 2.24) is 15.3 Å². The van der Waals surface area contributed by atoms with E-state index in [2.05, 4.69) is 32.8 Å². The van der Waals surface area contributed by atoms with Gasteiger partial charge in [-0.1, -0.05) is 18.2 Å². The molecule has 4 N–H and O–H groups in total. The maximum atomic E-state index is 12.4. The molecular formula is C21H20N4OS. The summed E-state index contributed by atoms with van der Waals surface area (Å²) in [5, 5.41) is 7.38. The van der Waals surface area contributed by atoms with Gasteiger partial charge in [0.15, 0.2) is 0 Å². The molecule has 27 heavy (non-hydrogen) atoms. The number of carbonyl (C=O) groups excluding carboxylic acids is 1. The summed E-state index contributed by atoms with van der Waals surface area (Å²) in [6, 6.07) is 12.0. The number of benzene rings is 1. The summed E-state index contributed by atoms with van der Waals surface area (Å²) in [7, 11) is 0. The first-order valence-corrected chi connectivity index (χ1v) is 9.68. The predicted octanol–water partition coefficient (Wildman–Crippen LogP) is 3.48. The molecule has 0 spiro atoms. The number of hydrogen-bond donors (Lipinski definition) is 3. The second-order valence-electron chi connectivity index (χ2n) is 6.38. The fourth-order valence-electron chi connectivity index (χ4n) is 3.18. The molecule has 0 radical (unpaired) electrons. The van der Waals surface area contributed by atoms with Gasteiger partial charge in [0, 0.05) is 46.7 Å². The van der Waals surface area contributed by atoms with Crippen molar-refractivity contribution in [2.24, 2.45) is 5.73 Å². The molecule has 1 atom stereocenters. The van der Waals surface area contributed by atoms with Crippen LogP contribution in [-0.4, -0.2) is 28.5 Å². The van der Waals surface area contributed by atoms with Crippen LogP contribution >= 0.6 is 11.3 Å². The summed E-state index contributed by atoms with van der Waals surface area (Å²) in [5.41, 5.74) is 8.86. The summed E-state index contributed by atoms with van der Waals surface area (Å²) in [6.07, 6.45) is 7.64. The number of aromatic nitrogens is 2. The van der Waals surface area contributed by atoms with Gasteiger partial charge in [-0.2, -0.15) is 0 Å². The summed E-state index contributed by atoms with van der Waals surface area (Å²) < 4.78 is 1.25. The van der Waals surface area contributed by atoms with E-state index in [1.165, 1.54) is 15.6 Å². The predicted molar refractivity (Wildman–Crippen MR) is 112 cm³/mol. The first-order valence-electron chi connectivity index (χ1n) is 8.80. The zero-order valence-electron chi connectivity index (χ0n) is 14.7. The van der Waals surface area contributed by atoms with Crippen LogP contribution in [0.3, 0.4) is 0 Å². The highest BCUT2D eigenvalue weighted by Crippen LogP contribution is 2.26. The minimum Gasteiger partial charge on any atom is -0.348 e. The van der Waals surface area contributed by atoms with Gasteiger partial charge in [0.05, 0.1) is 0 Å². The number of hydrogen-bond acceptors (Lipinski definition) is 4. The highest BCUT2D eigenvalue weighted by molar-refractivity contribution is 7.17. The van der Waals surface area contributed by atoms with E-state index in [1.54, 1.807) is 29.7 Å². The molecule has 6 heteroatoms. The molecular weight excluding hydrogens is 356 g/mol. The smallest absolute Gasteiger partial charge is 0.244 e.